The first-order chi connectivity index (χ1) is 7.04. The minimum Gasteiger partial charge on any atom is -0.324 e. The number of nitrogens with zero attached hydrogens (tertiary/aromatic N) is 1. The summed E-state index contributed by atoms with van der Waals surface area (Å²) in [5.74, 6) is -0.357. The summed E-state index contributed by atoms with van der Waals surface area (Å²) in [6.07, 6.45) is 0. The largest absolute Gasteiger partial charge is 0.324 e. The molecule has 0 spiro atoms. The Morgan fingerprint density at radius 2 is 2.27 bits per heavy atom. The number of rotatable bonds is 3. The first-order valence-electron chi connectivity index (χ1n) is 3.98. The van der Waals surface area contributed by atoms with Crippen LogP contribution in [0.4, 0.5) is 11.4 Å². The van der Waals surface area contributed by atoms with Crippen molar-refractivity contribution in [3.63, 3.8) is 0 Å². The van der Waals surface area contributed by atoms with Crippen molar-refractivity contribution in [3.8, 4) is 0 Å². The molecule has 0 radical (unpaired) electrons. The molecular weight excluding hydrogens is 266 g/mol. The average molecular weight is 274 g/mol. The molecule has 0 aromatic heterocycles. The summed E-state index contributed by atoms with van der Waals surface area (Å²) >= 11 is 3.11. The molecule has 15 heavy (non-hydrogen) atoms. The molecule has 0 unspecified atom stereocenters. The second-order valence-corrected chi connectivity index (χ2v) is 3.53. The van der Waals surface area contributed by atoms with Crippen molar-refractivity contribution in [3.05, 3.63) is 32.8 Å². The number of hydrogen-bond acceptors (Lipinski definition) is 4. The lowest BCUT2D eigenvalue weighted by atomic mass is 10.3. The van der Waals surface area contributed by atoms with Crippen molar-refractivity contribution in [1.29, 1.82) is 0 Å². The molecule has 80 valence electrons. The van der Waals surface area contributed by atoms with Gasteiger partial charge >= 0.3 is 0 Å². The van der Waals surface area contributed by atoms with E-state index in [0.717, 1.165) is 0 Å². The third-order valence-corrected chi connectivity index (χ3v) is 2.28. The van der Waals surface area contributed by atoms with Gasteiger partial charge in [0.2, 0.25) is 5.91 Å². The fourth-order valence-corrected chi connectivity index (χ4v) is 1.39. The molecule has 0 aliphatic rings. The number of carbonyl (C=O) groups excluding carboxylic acids is 1. The van der Waals surface area contributed by atoms with Crippen molar-refractivity contribution in [1.82, 2.24) is 0 Å². The van der Waals surface area contributed by atoms with Crippen molar-refractivity contribution < 1.29 is 9.72 Å². The monoisotopic (exact) mass is 273 g/mol. The quantitative estimate of drug-likeness (QED) is 0.640. The molecule has 1 rings (SSSR count). The lowest BCUT2D eigenvalue weighted by Gasteiger charge is -2.05. The highest BCUT2D eigenvalue weighted by atomic mass is 79.9. The molecular formula is C8H8BrN3O3. The molecule has 7 heteroatoms. The topological polar surface area (TPSA) is 98.3 Å². The molecule has 1 aromatic rings. The number of nitro benzene ring substituents is 1. The first kappa shape index (κ1) is 11.6. The zero-order valence-corrected chi connectivity index (χ0v) is 9.15. The highest BCUT2D eigenvalue weighted by Gasteiger charge is 2.10. The fraction of sp³-hybridized carbons (Fsp3) is 0.125. The van der Waals surface area contributed by atoms with Crippen LogP contribution < -0.4 is 11.1 Å². The molecule has 3 N–H and O–H groups in total. The molecule has 0 saturated heterocycles. The minimum atomic E-state index is -0.515. The number of nitro groups is 1. The van der Waals surface area contributed by atoms with Gasteiger partial charge in [0.15, 0.2) is 0 Å². The predicted molar refractivity (Wildman–Crippen MR) is 58.5 cm³/mol. The van der Waals surface area contributed by atoms with E-state index in [-0.39, 0.29) is 18.1 Å². The third-order valence-electron chi connectivity index (χ3n) is 1.62. The molecule has 0 fully saturated rings. The number of non-ortho nitro benzene ring substituents is 1. The van der Waals surface area contributed by atoms with Crippen LogP contribution in [0, 0.1) is 10.1 Å². The predicted octanol–water partition coefficient (Wildman–Crippen LogP) is 1.25. The number of carbonyl (C=O) groups is 1. The maximum atomic E-state index is 11.0. The van der Waals surface area contributed by atoms with Gasteiger partial charge in [0.25, 0.3) is 5.69 Å². The Morgan fingerprint density at radius 3 is 2.73 bits per heavy atom. The van der Waals surface area contributed by atoms with Gasteiger partial charge in [-0.05, 0) is 22.0 Å². The Hall–Kier alpha value is -1.47. The Labute approximate surface area is 93.7 Å². The van der Waals surface area contributed by atoms with Gasteiger partial charge in [0.05, 0.1) is 17.2 Å². The number of nitrogens with one attached hydrogen (secondary N) is 1. The smallest absolute Gasteiger partial charge is 0.270 e. The van der Waals surface area contributed by atoms with Gasteiger partial charge in [-0.1, -0.05) is 0 Å². The van der Waals surface area contributed by atoms with Crippen molar-refractivity contribution in [2.45, 2.75) is 0 Å². The SMILES string of the molecule is NCC(=O)Nc1ccc([N+](=O)[O-])cc1Br. The van der Waals surface area contributed by atoms with Crippen LogP contribution in [-0.4, -0.2) is 17.4 Å². The number of hydrogen-bond donors (Lipinski definition) is 2. The molecule has 0 aliphatic carbocycles. The minimum absolute atomic E-state index is 0.0485. The van der Waals surface area contributed by atoms with Crippen molar-refractivity contribution >= 4 is 33.2 Å². The molecule has 1 aromatic carbocycles. The Kier molecular flexibility index (Phi) is 3.75. The molecule has 0 atom stereocenters. The summed E-state index contributed by atoms with van der Waals surface area (Å²) in [5.41, 5.74) is 5.52. The van der Waals surface area contributed by atoms with Crippen LogP contribution in [0.3, 0.4) is 0 Å². The van der Waals surface area contributed by atoms with Crippen molar-refractivity contribution in [2.75, 3.05) is 11.9 Å². The normalized spacial score (nSPS) is 9.73. The summed E-state index contributed by atoms with van der Waals surface area (Å²) in [7, 11) is 0. The van der Waals surface area contributed by atoms with E-state index in [0.29, 0.717) is 10.2 Å². The van der Waals surface area contributed by atoms with Gasteiger partial charge in [0, 0.05) is 16.6 Å². The summed E-state index contributed by atoms with van der Waals surface area (Å²) in [6.45, 7) is -0.135. The highest BCUT2D eigenvalue weighted by molar-refractivity contribution is 9.10. The van der Waals surface area contributed by atoms with E-state index in [2.05, 4.69) is 21.2 Å². The van der Waals surface area contributed by atoms with Crippen LogP contribution in [0.25, 0.3) is 0 Å². The van der Waals surface area contributed by atoms with Gasteiger partial charge < -0.3 is 11.1 Å². The fourth-order valence-electron chi connectivity index (χ4n) is 0.920. The molecule has 1 amide bonds. The standard InChI is InChI=1S/C8H8BrN3O3/c9-6-3-5(12(14)15)1-2-7(6)11-8(13)4-10/h1-3H,4,10H2,(H,11,13). The molecule has 0 bridgehead atoms. The highest BCUT2D eigenvalue weighted by Crippen LogP contribution is 2.26. The van der Waals surface area contributed by atoms with E-state index in [1.807, 2.05) is 0 Å². The number of amides is 1. The number of halogens is 1. The van der Waals surface area contributed by atoms with Gasteiger partial charge in [0.1, 0.15) is 0 Å². The van der Waals surface area contributed by atoms with Crippen LogP contribution in [0.15, 0.2) is 22.7 Å². The molecule has 0 aliphatic heterocycles. The lowest BCUT2D eigenvalue weighted by Crippen LogP contribution is -2.21. The summed E-state index contributed by atoms with van der Waals surface area (Å²) in [6, 6.07) is 4.05. The Balaban J connectivity index is 2.93. The number of benzene rings is 1. The van der Waals surface area contributed by atoms with E-state index in [9.17, 15) is 14.9 Å². The zero-order chi connectivity index (χ0) is 11.4. The van der Waals surface area contributed by atoms with Crippen LogP contribution >= 0.6 is 15.9 Å². The average Bonchev–Trinajstić information content (AvgIpc) is 2.20. The van der Waals surface area contributed by atoms with E-state index in [1.54, 1.807) is 0 Å². The summed E-state index contributed by atoms with van der Waals surface area (Å²) in [4.78, 5) is 20.9. The Morgan fingerprint density at radius 1 is 1.60 bits per heavy atom. The van der Waals surface area contributed by atoms with Gasteiger partial charge in [-0.15, -0.1) is 0 Å². The lowest BCUT2D eigenvalue weighted by molar-refractivity contribution is -0.384. The third kappa shape index (κ3) is 3.00. The van der Waals surface area contributed by atoms with E-state index >= 15 is 0 Å². The summed E-state index contributed by atoms with van der Waals surface area (Å²) < 4.78 is 0.443. The van der Waals surface area contributed by atoms with Gasteiger partial charge in [-0.3, -0.25) is 14.9 Å². The van der Waals surface area contributed by atoms with E-state index in [4.69, 9.17) is 5.73 Å². The first-order valence-corrected chi connectivity index (χ1v) is 4.77. The number of nitrogens with two attached hydrogens (primary N) is 1. The maximum absolute atomic E-state index is 11.0. The Bertz CT molecular complexity index is 408. The zero-order valence-electron chi connectivity index (χ0n) is 7.57. The summed E-state index contributed by atoms with van der Waals surface area (Å²) in [5, 5.41) is 12.9. The van der Waals surface area contributed by atoms with Crippen molar-refractivity contribution in [2.24, 2.45) is 5.73 Å². The van der Waals surface area contributed by atoms with Gasteiger partial charge in [-0.25, -0.2) is 0 Å². The second kappa shape index (κ2) is 4.85. The van der Waals surface area contributed by atoms with Crippen LogP contribution in [-0.2, 0) is 4.79 Å². The van der Waals surface area contributed by atoms with E-state index < -0.39 is 4.92 Å². The van der Waals surface area contributed by atoms with Gasteiger partial charge in [-0.2, -0.15) is 0 Å². The van der Waals surface area contributed by atoms with Crippen LogP contribution in [0.1, 0.15) is 0 Å². The van der Waals surface area contributed by atoms with E-state index in [1.165, 1.54) is 18.2 Å². The molecule has 0 heterocycles. The second-order valence-electron chi connectivity index (χ2n) is 2.67. The molecule has 6 nitrogen and oxygen atoms in total. The maximum Gasteiger partial charge on any atom is 0.270 e. The number of anilines is 1. The molecule has 0 saturated carbocycles. The van der Waals surface area contributed by atoms with Crippen LogP contribution in [0.2, 0.25) is 0 Å². The van der Waals surface area contributed by atoms with Crippen LogP contribution in [0.5, 0.6) is 0 Å².